The minimum atomic E-state index is -6.53. The number of fused-ring (bicyclic) bond motifs is 3. The zero-order valence-corrected chi connectivity index (χ0v) is 22.0. The third-order valence-corrected chi connectivity index (χ3v) is 7.42. The third-order valence-electron chi connectivity index (χ3n) is 6.13. The predicted molar refractivity (Wildman–Crippen MR) is 132 cm³/mol. The largest absolute Gasteiger partial charge is 0.462 e. The van der Waals surface area contributed by atoms with Crippen molar-refractivity contribution in [3.8, 4) is 11.1 Å². The molecule has 1 aliphatic carbocycles. The van der Waals surface area contributed by atoms with Gasteiger partial charge in [0.1, 0.15) is 5.71 Å². The van der Waals surface area contributed by atoms with Crippen LogP contribution in [0.5, 0.6) is 0 Å². The van der Waals surface area contributed by atoms with Gasteiger partial charge in [-0.05, 0) is 41.7 Å². The standard InChI is InChI=1S/C26H24F7NO5S/c1-15(2)23(35)38-11-6-12-40(36,37)39-14-21-18-8-5-4-7-17(18)20-13-16(9-10-19(20)21)22(34-3)24(27,28)25(29,30)26(31,32)33/h4-5,7-10,13,21H,1,6,11-12,14H2,2-3H3/b34-22-. The summed E-state index contributed by atoms with van der Waals surface area (Å²) in [5, 5.41) is 0. The minimum Gasteiger partial charge on any atom is -0.462 e. The Morgan fingerprint density at radius 3 is 2.23 bits per heavy atom. The average Bonchev–Trinajstić information content (AvgIpc) is 3.18. The summed E-state index contributed by atoms with van der Waals surface area (Å²) in [6.45, 7) is 4.24. The van der Waals surface area contributed by atoms with Gasteiger partial charge in [-0.3, -0.25) is 9.18 Å². The van der Waals surface area contributed by atoms with E-state index in [1.807, 2.05) is 0 Å². The van der Waals surface area contributed by atoms with Crippen LogP contribution in [-0.4, -0.2) is 64.1 Å². The number of alkyl halides is 7. The van der Waals surface area contributed by atoms with Crippen molar-refractivity contribution < 1.29 is 52.9 Å². The molecule has 0 aliphatic heterocycles. The Morgan fingerprint density at radius 1 is 1.00 bits per heavy atom. The summed E-state index contributed by atoms with van der Waals surface area (Å²) in [7, 11) is -3.41. The van der Waals surface area contributed by atoms with E-state index >= 15 is 0 Å². The first-order valence-corrected chi connectivity index (χ1v) is 13.2. The topological polar surface area (TPSA) is 82.0 Å². The molecule has 0 saturated carbocycles. The fourth-order valence-electron chi connectivity index (χ4n) is 4.17. The van der Waals surface area contributed by atoms with Gasteiger partial charge in [-0.15, -0.1) is 0 Å². The highest BCUT2D eigenvalue weighted by Gasteiger charge is 2.75. The van der Waals surface area contributed by atoms with Gasteiger partial charge in [-0.1, -0.05) is 43.0 Å². The lowest BCUT2D eigenvalue weighted by Crippen LogP contribution is -2.56. The van der Waals surface area contributed by atoms with Crippen molar-refractivity contribution in [2.24, 2.45) is 4.99 Å². The second-order valence-electron chi connectivity index (χ2n) is 8.98. The van der Waals surface area contributed by atoms with Gasteiger partial charge in [0.25, 0.3) is 10.1 Å². The van der Waals surface area contributed by atoms with E-state index in [1.54, 1.807) is 24.3 Å². The van der Waals surface area contributed by atoms with Crippen molar-refractivity contribution in [3.63, 3.8) is 0 Å². The minimum absolute atomic E-state index is 0.0571. The van der Waals surface area contributed by atoms with Crippen LogP contribution in [0.15, 0.2) is 59.6 Å². The van der Waals surface area contributed by atoms with Crippen LogP contribution in [0.2, 0.25) is 0 Å². The molecule has 0 heterocycles. The van der Waals surface area contributed by atoms with E-state index in [0.29, 0.717) is 23.7 Å². The van der Waals surface area contributed by atoms with Gasteiger partial charge in [-0.2, -0.15) is 39.2 Å². The quantitative estimate of drug-likeness (QED) is 0.0807. The van der Waals surface area contributed by atoms with Gasteiger partial charge >= 0.3 is 24.0 Å². The molecule has 0 spiro atoms. The molecule has 218 valence electrons. The summed E-state index contributed by atoms with van der Waals surface area (Å²) in [5.41, 5.74) is -0.708. The Morgan fingerprint density at radius 2 is 1.62 bits per heavy atom. The number of carbonyl (C=O) groups excluding carboxylic acids is 1. The Hall–Kier alpha value is -3.26. The SMILES string of the molecule is C=C(C)C(=O)OCCCS(=O)(=O)OCC1c2ccccc2-c2cc(/C(=N/C)C(F)(F)C(F)(F)C(F)(F)F)ccc21. The molecule has 0 radical (unpaired) electrons. The molecule has 6 nitrogen and oxygen atoms in total. The summed E-state index contributed by atoms with van der Waals surface area (Å²) in [6.07, 6.45) is -6.59. The molecule has 3 rings (SSSR count). The zero-order chi connectivity index (χ0) is 30.1. The van der Waals surface area contributed by atoms with E-state index < -0.39 is 63.7 Å². The molecular weight excluding hydrogens is 571 g/mol. The van der Waals surface area contributed by atoms with Gasteiger partial charge in [0.15, 0.2) is 0 Å². The van der Waals surface area contributed by atoms with Crippen LogP contribution in [0.25, 0.3) is 11.1 Å². The number of nitrogens with zero attached hydrogens (tertiary/aromatic N) is 1. The van der Waals surface area contributed by atoms with Crippen LogP contribution in [-0.2, 0) is 23.8 Å². The Labute approximate surface area is 225 Å². The number of halogens is 7. The van der Waals surface area contributed by atoms with Gasteiger partial charge < -0.3 is 4.74 Å². The summed E-state index contributed by atoms with van der Waals surface area (Å²) >= 11 is 0. The zero-order valence-electron chi connectivity index (χ0n) is 21.2. The average molecular weight is 596 g/mol. The number of rotatable bonds is 11. The van der Waals surface area contributed by atoms with Crippen molar-refractivity contribution in [3.05, 3.63) is 71.3 Å². The van der Waals surface area contributed by atoms with Gasteiger partial charge in [0.2, 0.25) is 0 Å². The molecular formula is C26H24F7NO5S. The molecule has 0 fully saturated rings. The maximum absolute atomic E-state index is 14.5. The first-order valence-electron chi connectivity index (χ1n) is 11.7. The van der Waals surface area contributed by atoms with Crippen LogP contribution in [0, 0.1) is 0 Å². The predicted octanol–water partition coefficient (Wildman–Crippen LogP) is 5.91. The molecule has 40 heavy (non-hydrogen) atoms. The lowest BCUT2D eigenvalue weighted by Gasteiger charge is -2.29. The van der Waals surface area contributed by atoms with Crippen molar-refractivity contribution in [1.82, 2.24) is 0 Å². The summed E-state index contributed by atoms with van der Waals surface area (Å²) in [4.78, 5) is 14.5. The fraction of sp³-hybridized carbons (Fsp3) is 0.385. The normalized spacial score (nSPS) is 15.9. The second-order valence-corrected chi connectivity index (χ2v) is 10.7. The number of aliphatic imine (C=N–C) groups is 1. The van der Waals surface area contributed by atoms with E-state index in [9.17, 15) is 43.9 Å². The number of benzene rings is 2. The first-order chi connectivity index (χ1) is 18.4. The fourth-order valence-corrected chi connectivity index (χ4v) is 5.10. The van der Waals surface area contributed by atoms with Crippen molar-refractivity contribution in [2.45, 2.75) is 37.3 Å². The van der Waals surface area contributed by atoms with Crippen LogP contribution in [0.1, 0.15) is 36.0 Å². The highest BCUT2D eigenvalue weighted by Crippen LogP contribution is 2.50. The summed E-state index contributed by atoms with van der Waals surface area (Å²) in [6, 6.07) is 9.56. The van der Waals surface area contributed by atoms with Crippen molar-refractivity contribution >= 4 is 21.8 Å². The summed E-state index contributed by atoms with van der Waals surface area (Å²) < 4.78 is 130. The Balaban J connectivity index is 1.86. The second kappa shape index (κ2) is 11.3. The van der Waals surface area contributed by atoms with Crippen LogP contribution in [0.3, 0.4) is 0 Å². The lowest BCUT2D eigenvalue weighted by atomic mass is 9.93. The lowest BCUT2D eigenvalue weighted by molar-refractivity contribution is -0.336. The van der Waals surface area contributed by atoms with E-state index in [-0.39, 0.29) is 24.2 Å². The van der Waals surface area contributed by atoms with Crippen LogP contribution in [0.4, 0.5) is 30.7 Å². The smallest absolute Gasteiger partial charge is 0.460 e. The maximum atomic E-state index is 14.5. The van der Waals surface area contributed by atoms with Gasteiger partial charge in [0, 0.05) is 24.1 Å². The number of carbonyl (C=O) groups is 1. The Kier molecular flexibility index (Phi) is 8.85. The molecule has 0 saturated heterocycles. The van der Waals surface area contributed by atoms with Crippen LogP contribution < -0.4 is 0 Å². The molecule has 0 N–H and O–H groups in total. The van der Waals surface area contributed by atoms with Crippen molar-refractivity contribution in [1.29, 1.82) is 0 Å². The molecule has 0 amide bonds. The molecule has 14 heteroatoms. The highest BCUT2D eigenvalue weighted by atomic mass is 32.2. The van der Waals surface area contributed by atoms with E-state index in [1.165, 1.54) is 13.0 Å². The maximum Gasteiger partial charge on any atom is 0.460 e. The van der Waals surface area contributed by atoms with E-state index in [0.717, 1.165) is 12.1 Å². The molecule has 1 unspecified atom stereocenters. The highest BCUT2D eigenvalue weighted by molar-refractivity contribution is 7.86. The van der Waals surface area contributed by atoms with E-state index in [2.05, 4.69) is 11.6 Å². The number of ether oxygens (including phenoxy) is 1. The molecule has 2 aromatic rings. The number of esters is 1. The number of hydrogen-bond acceptors (Lipinski definition) is 6. The van der Waals surface area contributed by atoms with Gasteiger partial charge in [0.05, 0.1) is 19.0 Å². The molecule has 1 aliphatic rings. The van der Waals surface area contributed by atoms with Crippen LogP contribution >= 0.6 is 0 Å². The third kappa shape index (κ3) is 6.07. The molecule has 2 aromatic carbocycles. The summed E-state index contributed by atoms with van der Waals surface area (Å²) in [5.74, 6) is -13.9. The van der Waals surface area contributed by atoms with E-state index in [4.69, 9.17) is 8.92 Å². The Bertz CT molecular complexity index is 1440. The van der Waals surface area contributed by atoms with Crippen molar-refractivity contribution in [2.75, 3.05) is 26.0 Å². The number of hydrogen-bond donors (Lipinski definition) is 0. The molecule has 0 bridgehead atoms. The van der Waals surface area contributed by atoms with Gasteiger partial charge in [-0.25, -0.2) is 4.79 Å². The molecule has 0 aromatic heterocycles. The molecule has 1 atom stereocenters. The first kappa shape index (κ1) is 31.3. The monoisotopic (exact) mass is 595 g/mol.